The Labute approximate surface area is 174 Å². The lowest BCUT2D eigenvalue weighted by atomic mass is 10.1. The van der Waals surface area contributed by atoms with E-state index >= 15 is 0 Å². The zero-order valence-corrected chi connectivity index (χ0v) is 17.4. The lowest BCUT2D eigenvalue weighted by molar-refractivity contribution is -0.126. The van der Waals surface area contributed by atoms with Crippen molar-refractivity contribution < 1.29 is 18.0 Å². The van der Waals surface area contributed by atoms with E-state index in [4.69, 9.17) is 5.14 Å². The van der Waals surface area contributed by atoms with Crippen LogP contribution in [0.5, 0.6) is 0 Å². The second-order valence-electron chi connectivity index (χ2n) is 6.67. The molecule has 1 heterocycles. The average Bonchev–Trinajstić information content (AvgIpc) is 3.07. The van der Waals surface area contributed by atoms with E-state index in [1.807, 2.05) is 30.5 Å². The highest BCUT2D eigenvalue weighted by Gasteiger charge is 2.34. The lowest BCUT2D eigenvalue weighted by Gasteiger charge is -2.17. The van der Waals surface area contributed by atoms with Crippen LogP contribution in [0.2, 0.25) is 0 Å². The van der Waals surface area contributed by atoms with Gasteiger partial charge in [-0.2, -0.15) is 8.42 Å². The van der Waals surface area contributed by atoms with Crippen LogP contribution in [0, 0.1) is 5.92 Å². The number of anilines is 2. The lowest BCUT2D eigenvalue weighted by Crippen LogP contribution is -2.32. The number of benzene rings is 2. The van der Waals surface area contributed by atoms with E-state index < -0.39 is 16.1 Å². The van der Waals surface area contributed by atoms with Crippen molar-refractivity contribution in [3.63, 3.8) is 0 Å². The molecule has 1 aliphatic heterocycles. The predicted molar refractivity (Wildman–Crippen MR) is 114 cm³/mol. The van der Waals surface area contributed by atoms with Gasteiger partial charge in [0.05, 0.1) is 11.6 Å². The summed E-state index contributed by atoms with van der Waals surface area (Å²) in [6, 6.07) is 14.2. The Hall–Kier alpha value is -2.56. The number of hydrogen-bond donors (Lipinski definition) is 3. The van der Waals surface area contributed by atoms with Crippen molar-refractivity contribution >= 4 is 45.2 Å². The molecule has 3 rings (SSSR count). The first-order valence-corrected chi connectivity index (χ1v) is 11.6. The fourth-order valence-electron chi connectivity index (χ4n) is 3.14. The van der Waals surface area contributed by atoms with E-state index in [0.29, 0.717) is 17.8 Å². The first-order chi connectivity index (χ1) is 13.7. The average molecular weight is 435 g/mol. The van der Waals surface area contributed by atoms with Crippen LogP contribution in [-0.2, 0) is 26.3 Å². The molecule has 0 aromatic heterocycles. The van der Waals surface area contributed by atoms with Gasteiger partial charge in [-0.15, -0.1) is 11.8 Å². The van der Waals surface area contributed by atoms with Gasteiger partial charge in [0.25, 0.3) is 10.2 Å². The van der Waals surface area contributed by atoms with Gasteiger partial charge < -0.3 is 10.2 Å². The third-order valence-corrected chi connectivity index (χ3v) is 5.80. The molecule has 1 aliphatic rings. The molecule has 4 N–H and O–H groups in total. The van der Waals surface area contributed by atoms with Gasteiger partial charge in [-0.3, -0.25) is 14.3 Å². The summed E-state index contributed by atoms with van der Waals surface area (Å²) >= 11 is 1.62. The standard InChI is InChI=1S/C19H22N4O4S2/c1-28-17-7-5-16(6-8-17)23-12-14(10-18(23)24)19(25)21-11-13-3-2-4-15(9-13)22-29(20,26)27/h2-9,14,22H,10-12H2,1H3,(H,21,25)(H2,20,26,27)/t14-/m1/s1. The Morgan fingerprint density at radius 1 is 1.24 bits per heavy atom. The first kappa shape index (κ1) is 21.2. The molecular weight excluding hydrogens is 412 g/mol. The van der Waals surface area contributed by atoms with E-state index in [1.54, 1.807) is 40.9 Å². The number of thioether (sulfide) groups is 1. The van der Waals surface area contributed by atoms with Crippen LogP contribution >= 0.6 is 11.8 Å². The van der Waals surface area contributed by atoms with Crippen molar-refractivity contribution in [2.45, 2.75) is 17.9 Å². The number of nitrogens with zero attached hydrogens (tertiary/aromatic N) is 1. The number of carbonyl (C=O) groups excluding carboxylic acids is 2. The molecule has 154 valence electrons. The van der Waals surface area contributed by atoms with Crippen LogP contribution in [0.4, 0.5) is 11.4 Å². The molecule has 0 spiro atoms. The van der Waals surface area contributed by atoms with Crippen molar-refractivity contribution in [1.29, 1.82) is 0 Å². The van der Waals surface area contributed by atoms with Crippen LogP contribution in [-0.4, -0.2) is 33.0 Å². The number of hydrogen-bond acceptors (Lipinski definition) is 5. The van der Waals surface area contributed by atoms with E-state index in [-0.39, 0.29) is 24.8 Å². The van der Waals surface area contributed by atoms with E-state index in [1.165, 1.54) is 0 Å². The molecule has 1 atom stereocenters. The van der Waals surface area contributed by atoms with Crippen molar-refractivity contribution in [1.82, 2.24) is 5.32 Å². The number of nitrogens with two attached hydrogens (primary N) is 1. The fraction of sp³-hybridized carbons (Fsp3) is 0.263. The highest BCUT2D eigenvalue weighted by atomic mass is 32.2. The second kappa shape index (κ2) is 8.85. The predicted octanol–water partition coefficient (Wildman–Crippen LogP) is 1.69. The van der Waals surface area contributed by atoms with Crippen molar-refractivity contribution in [3.8, 4) is 0 Å². The molecule has 29 heavy (non-hydrogen) atoms. The van der Waals surface area contributed by atoms with Crippen LogP contribution in [0.15, 0.2) is 53.4 Å². The minimum Gasteiger partial charge on any atom is -0.352 e. The summed E-state index contributed by atoms with van der Waals surface area (Å²) in [7, 11) is -3.86. The van der Waals surface area contributed by atoms with Gasteiger partial charge in [0.2, 0.25) is 11.8 Å². The Kier molecular flexibility index (Phi) is 6.46. The zero-order chi connectivity index (χ0) is 21.0. The smallest absolute Gasteiger partial charge is 0.296 e. The summed E-state index contributed by atoms with van der Waals surface area (Å²) in [6.45, 7) is 0.544. The Morgan fingerprint density at radius 3 is 2.62 bits per heavy atom. The fourth-order valence-corrected chi connectivity index (χ4v) is 4.00. The molecule has 0 bridgehead atoms. The maximum Gasteiger partial charge on any atom is 0.296 e. The zero-order valence-electron chi connectivity index (χ0n) is 15.8. The van der Waals surface area contributed by atoms with E-state index in [9.17, 15) is 18.0 Å². The summed E-state index contributed by atoms with van der Waals surface area (Å²) in [6.07, 6.45) is 2.14. The van der Waals surface area contributed by atoms with Crippen molar-refractivity contribution in [2.24, 2.45) is 11.1 Å². The van der Waals surface area contributed by atoms with Crippen molar-refractivity contribution in [2.75, 3.05) is 22.4 Å². The molecule has 2 aromatic rings. The molecule has 10 heteroatoms. The van der Waals surface area contributed by atoms with E-state index in [0.717, 1.165) is 10.6 Å². The monoisotopic (exact) mass is 434 g/mol. The Balaban J connectivity index is 1.59. The maximum absolute atomic E-state index is 12.5. The van der Waals surface area contributed by atoms with Gasteiger partial charge >= 0.3 is 0 Å². The van der Waals surface area contributed by atoms with Crippen LogP contribution in [0.3, 0.4) is 0 Å². The second-order valence-corrected chi connectivity index (χ2v) is 8.84. The number of rotatable bonds is 7. The molecule has 8 nitrogen and oxygen atoms in total. The third-order valence-electron chi connectivity index (χ3n) is 4.53. The molecule has 1 saturated heterocycles. The molecule has 0 saturated carbocycles. The molecule has 1 fully saturated rings. The number of nitrogens with one attached hydrogen (secondary N) is 2. The Morgan fingerprint density at radius 2 is 1.97 bits per heavy atom. The minimum absolute atomic E-state index is 0.0820. The van der Waals surface area contributed by atoms with Gasteiger partial charge in [0.15, 0.2) is 0 Å². The van der Waals surface area contributed by atoms with Gasteiger partial charge in [-0.05, 0) is 48.2 Å². The molecule has 2 aromatic carbocycles. The molecule has 0 aliphatic carbocycles. The largest absolute Gasteiger partial charge is 0.352 e. The van der Waals surface area contributed by atoms with E-state index in [2.05, 4.69) is 10.0 Å². The summed E-state index contributed by atoms with van der Waals surface area (Å²) in [4.78, 5) is 27.6. The van der Waals surface area contributed by atoms with Gasteiger partial charge in [-0.1, -0.05) is 12.1 Å². The van der Waals surface area contributed by atoms with Crippen LogP contribution < -0.4 is 20.1 Å². The van der Waals surface area contributed by atoms with Gasteiger partial charge in [0, 0.05) is 30.1 Å². The number of carbonyl (C=O) groups is 2. The van der Waals surface area contributed by atoms with Crippen LogP contribution in [0.25, 0.3) is 0 Å². The summed E-state index contributed by atoms with van der Waals surface area (Å²) in [5.74, 6) is -0.735. The Bertz CT molecular complexity index is 1010. The summed E-state index contributed by atoms with van der Waals surface area (Å²) in [5.41, 5.74) is 1.81. The van der Waals surface area contributed by atoms with Gasteiger partial charge in [0.1, 0.15) is 0 Å². The quantitative estimate of drug-likeness (QED) is 0.573. The maximum atomic E-state index is 12.5. The third kappa shape index (κ3) is 5.72. The normalized spacial score (nSPS) is 16.7. The first-order valence-electron chi connectivity index (χ1n) is 8.87. The highest BCUT2D eigenvalue weighted by Crippen LogP contribution is 2.27. The highest BCUT2D eigenvalue weighted by molar-refractivity contribution is 7.98. The van der Waals surface area contributed by atoms with Crippen molar-refractivity contribution in [3.05, 3.63) is 54.1 Å². The molecule has 0 radical (unpaired) electrons. The topological polar surface area (TPSA) is 122 Å². The van der Waals surface area contributed by atoms with Crippen LogP contribution in [0.1, 0.15) is 12.0 Å². The summed E-state index contributed by atoms with van der Waals surface area (Å²) in [5, 5.41) is 7.78. The molecule has 0 unspecified atom stereocenters. The molecule has 2 amide bonds. The SMILES string of the molecule is CSc1ccc(N2C[C@H](C(=O)NCc3cccc(NS(N)(=O)=O)c3)CC2=O)cc1. The minimum atomic E-state index is -3.86. The molecular formula is C19H22N4O4S2. The van der Waals surface area contributed by atoms with Gasteiger partial charge in [-0.25, -0.2) is 5.14 Å². The summed E-state index contributed by atoms with van der Waals surface area (Å²) < 4.78 is 24.4. The number of amides is 2.